The minimum absolute atomic E-state index is 0.727. The van der Waals surface area contributed by atoms with Gasteiger partial charge in [0.1, 0.15) is 0 Å². The maximum atomic E-state index is 5.56. The van der Waals surface area contributed by atoms with Gasteiger partial charge in [-0.05, 0) is 6.42 Å². The van der Waals surface area contributed by atoms with E-state index in [9.17, 15) is 0 Å². The van der Waals surface area contributed by atoms with Crippen molar-refractivity contribution in [1.29, 1.82) is 0 Å². The second-order valence-corrected chi connectivity index (χ2v) is 8.01. The molecular weight excluding hydrogens is 376 g/mol. The number of rotatable bonds is 22. The molecule has 0 saturated carbocycles. The van der Waals surface area contributed by atoms with Crippen LogP contribution in [-0.4, -0.2) is 31.8 Å². The Balaban J connectivity index is 2.94. The Hall–Kier alpha value is 0.400. The van der Waals surface area contributed by atoms with Gasteiger partial charge in [-0.25, -0.2) is 0 Å². The van der Waals surface area contributed by atoms with E-state index < -0.39 is 0 Å². The van der Waals surface area contributed by atoms with Gasteiger partial charge in [0.05, 0.1) is 19.8 Å². The molecule has 0 aromatic heterocycles. The van der Waals surface area contributed by atoms with Crippen LogP contribution in [0.3, 0.4) is 0 Å². The molecule has 3 heteroatoms. The van der Waals surface area contributed by atoms with E-state index in [4.69, 9.17) is 9.47 Å². The molecule has 25 heavy (non-hydrogen) atoms. The maximum absolute atomic E-state index is 5.56. The molecule has 0 unspecified atom stereocenters. The molecule has 0 rings (SSSR count). The van der Waals surface area contributed by atoms with E-state index in [1.807, 2.05) is 0 Å². The summed E-state index contributed by atoms with van der Waals surface area (Å²) < 4.78 is 10.9. The summed E-state index contributed by atoms with van der Waals surface area (Å²) in [6.07, 6.45) is 22.7. The third-order valence-corrected chi connectivity index (χ3v) is 5.06. The van der Waals surface area contributed by atoms with E-state index in [0.29, 0.717) is 0 Å². The Labute approximate surface area is 166 Å². The van der Waals surface area contributed by atoms with E-state index >= 15 is 0 Å². The summed E-state index contributed by atoms with van der Waals surface area (Å²) in [4.78, 5) is 0. The molecule has 0 aliphatic rings. The maximum Gasteiger partial charge on any atom is 0.0700 e. The SMILES string of the molecule is CCCCCCCCCCCCCCCCCCOCCOCCBr. The van der Waals surface area contributed by atoms with Crippen LogP contribution in [0.15, 0.2) is 0 Å². The van der Waals surface area contributed by atoms with E-state index in [1.165, 1.54) is 103 Å². The highest BCUT2D eigenvalue weighted by atomic mass is 79.9. The third kappa shape index (κ3) is 24.4. The summed E-state index contributed by atoms with van der Waals surface area (Å²) in [5.74, 6) is 0. The van der Waals surface area contributed by atoms with Gasteiger partial charge in [-0.15, -0.1) is 0 Å². The molecular formula is C22H45BrO2. The van der Waals surface area contributed by atoms with E-state index in [-0.39, 0.29) is 0 Å². The van der Waals surface area contributed by atoms with Gasteiger partial charge in [-0.3, -0.25) is 0 Å². The van der Waals surface area contributed by atoms with Crippen LogP contribution in [0.5, 0.6) is 0 Å². The Morgan fingerprint density at radius 1 is 0.440 bits per heavy atom. The zero-order chi connectivity index (χ0) is 18.3. The standard InChI is InChI=1S/C22H45BrO2/c1-2-3-4-5-6-7-8-9-10-11-12-13-14-15-16-17-19-24-21-22-25-20-18-23/h2-22H2,1H3. The molecule has 0 aromatic rings. The number of hydrogen-bond donors (Lipinski definition) is 0. The first kappa shape index (κ1) is 25.4. The van der Waals surface area contributed by atoms with Crippen molar-refractivity contribution in [3.63, 3.8) is 0 Å². The molecule has 2 nitrogen and oxygen atoms in total. The first-order valence-corrected chi connectivity index (χ1v) is 12.3. The average molecular weight is 422 g/mol. The highest BCUT2D eigenvalue weighted by Gasteiger charge is 1.95. The van der Waals surface area contributed by atoms with Gasteiger partial charge in [0, 0.05) is 11.9 Å². The second-order valence-electron chi connectivity index (χ2n) is 7.22. The fraction of sp³-hybridized carbons (Fsp3) is 1.00. The van der Waals surface area contributed by atoms with Crippen LogP contribution in [0.2, 0.25) is 0 Å². The molecule has 0 N–H and O–H groups in total. The molecule has 0 spiro atoms. The lowest BCUT2D eigenvalue weighted by Gasteiger charge is -2.05. The normalized spacial score (nSPS) is 11.3. The lowest BCUT2D eigenvalue weighted by atomic mass is 10.0. The Bertz CT molecular complexity index is 202. The predicted molar refractivity (Wildman–Crippen MR) is 115 cm³/mol. The van der Waals surface area contributed by atoms with Crippen molar-refractivity contribution in [2.75, 3.05) is 31.8 Å². The van der Waals surface area contributed by atoms with Crippen molar-refractivity contribution in [3.05, 3.63) is 0 Å². The summed E-state index contributed by atoms with van der Waals surface area (Å²) >= 11 is 3.34. The van der Waals surface area contributed by atoms with Gasteiger partial charge in [0.2, 0.25) is 0 Å². The van der Waals surface area contributed by atoms with Crippen LogP contribution in [0.25, 0.3) is 0 Å². The van der Waals surface area contributed by atoms with E-state index in [2.05, 4.69) is 22.9 Å². The van der Waals surface area contributed by atoms with Gasteiger partial charge >= 0.3 is 0 Å². The first-order valence-electron chi connectivity index (χ1n) is 11.1. The molecule has 0 atom stereocenters. The van der Waals surface area contributed by atoms with Crippen LogP contribution in [-0.2, 0) is 9.47 Å². The van der Waals surface area contributed by atoms with Crippen molar-refractivity contribution < 1.29 is 9.47 Å². The molecule has 0 heterocycles. The Kier molecular flexibility index (Phi) is 24.8. The molecule has 0 bridgehead atoms. The molecule has 0 aliphatic heterocycles. The predicted octanol–water partition coefficient (Wildman–Crippen LogP) is 7.68. The number of unbranched alkanes of at least 4 members (excludes halogenated alkanes) is 15. The largest absolute Gasteiger partial charge is 0.379 e. The number of alkyl halides is 1. The molecule has 0 fully saturated rings. The van der Waals surface area contributed by atoms with Crippen molar-refractivity contribution in [2.24, 2.45) is 0 Å². The molecule has 152 valence electrons. The summed E-state index contributed by atoms with van der Waals surface area (Å²) in [6, 6.07) is 0. The monoisotopic (exact) mass is 420 g/mol. The minimum Gasteiger partial charge on any atom is -0.379 e. The number of halogens is 1. The van der Waals surface area contributed by atoms with Crippen LogP contribution in [0.1, 0.15) is 110 Å². The zero-order valence-electron chi connectivity index (χ0n) is 17.0. The Morgan fingerprint density at radius 3 is 1.20 bits per heavy atom. The quantitative estimate of drug-likeness (QED) is 0.132. The smallest absolute Gasteiger partial charge is 0.0700 e. The fourth-order valence-corrected chi connectivity index (χ4v) is 3.36. The highest BCUT2D eigenvalue weighted by molar-refractivity contribution is 9.09. The molecule has 0 radical (unpaired) electrons. The second kappa shape index (κ2) is 24.4. The molecule has 0 saturated heterocycles. The van der Waals surface area contributed by atoms with Gasteiger partial charge in [-0.2, -0.15) is 0 Å². The minimum atomic E-state index is 0.727. The van der Waals surface area contributed by atoms with Gasteiger partial charge < -0.3 is 9.47 Å². The van der Waals surface area contributed by atoms with Crippen molar-refractivity contribution >= 4 is 15.9 Å². The molecule has 0 aromatic carbocycles. The molecule has 0 aliphatic carbocycles. The summed E-state index contributed by atoms with van der Waals surface area (Å²) in [5, 5.41) is 0.909. The van der Waals surface area contributed by atoms with Crippen LogP contribution in [0, 0.1) is 0 Å². The van der Waals surface area contributed by atoms with Gasteiger partial charge in [-0.1, -0.05) is 119 Å². The zero-order valence-corrected chi connectivity index (χ0v) is 18.6. The van der Waals surface area contributed by atoms with Crippen molar-refractivity contribution in [3.8, 4) is 0 Å². The van der Waals surface area contributed by atoms with Crippen LogP contribution in [0.4, 0.5) is 0 Å². The van der Waals surface area contributed by atoms with Crippen LogP contribution < -0.4 is 0 Å². The van der Waals surface area contributed by atoms with Gasteiger partial charge in [0.15, 0.2) is 0 Å². The lowest BCUT2D eigenvalue weighted by Crippen LogP contribution is -2.06. The fourth-order valence-electron chi connectivity index (χ4n) is 3.13. The summed E-state index contributed by atoms with van der Waals surface area (Å²) in [7, 11) is 0. The number of hydrogen-bond acceptors (Lipinski definition) is 2. The Morgan fingerprint density at radius 2 is 0.800 bits per heavy atom. The van der Waals surface area contributed by atoms with Crippen LogP contribution >= 0.6 is 15.9 Å². The van der Waals surface area contributed by atoms with Crippen molar-refractivity contribution in [2.45, 2.75) is 110 Å². The van der Waals surface area contributed by atoms with Crippen molar-refractivity contribution in [1.82, 2.24) is 0 Å². The lowest BCUT2D eigenvalue weighted by molar-refractivity contribution is 0.0524. The van der Waals surface area contributed by atoms with E-state index in [0.717, 1.165) is 31.8 Å². The number of ether oxygens (including phenoxy) is 2. The third-order valence-electron chi connectivity index (χ3n) is 4.74. The highest BCUT2D eigenvalue weighted by Crippen LogP contribution is 2.13. The first-order chi connectivity index (χ1) is 12.4. The van der Waals surface area contributed by atoms with E-state index in [1.54, 1.807) is 0 Å². The average Bonchev–Trinajstić information content (AvgIpc) is 2.63. The van der Waals surface area contributed by atoms with Gasteiger partial charge in [0.25, 0.3) is 0 Å². The summed E-state index contributed by atoms with van der Waals surface area (Å²) in [5.41, 5.74) is 0. The molecule has 0 amide bonds. The topological polar surface area (TPSA) is 18.5 Å². The summed E-state index contributed by atoms with van der Waals surface area (Å²) in [6.45, 7) is 5.44.